The van der Waals surface area contributed by atoms with E-state index in [1.165, 1.54) is 5.56 Å². The van der Waals surface area contributed by atoms with Gasteiger partial charge in [0.25, 0.3) is 0 Å². The zero-order valence-corrected chi connectivity index (χ0v) is 19.9. The van der Waals surface area contributed by atoms with Gasteiger partial charge in [0.15, 0.2) is 0 Å². The second-order valence-corrected chi connectivity index (χ2v) is 8.81. The Labute approximate surface area is 197 Å². The van der Waals surface area contributed by atoms with E-state index in [1.807, 2.05) is 36.4 Å². The lowest BCUT2D eigenvalue weighted by molar-refractivity contribution is -0.145. The molecule has 0 saturated heterocycles. The maximum absolute atomic E-state index is 12.6. The number of ether oxygens (including phenoxy) is 3. The van der Waals surface area contributed by atoms with Crippen LogP contribution in [0.15, 0.2) is 48.5 Å². The smallest absolute Gasteiger partial charge is 0.314 e. The van der Waals surface area contributed by atoms with Crippen LogP contribution in [0.3, 0.4) is 0 Å². The Bertz CT molecular complexity index is 864. The Morgan fingerprint density at radius 3 is 1.64 bits per heavy atom. The predicted octanol–water partition coefficient (Wildman–Crippen LogP) is 6.53. The number of esters is 2. The summed E-state index contributed by atoms with van der Waals surface area (Å²) in [4.78, 5) is 25.1. The van der Waals surface area contributed by atoms with Gasteiger partial charge in [-0.25, -0.2) is 0 Å². The van der Waals surface area contributed by atoms with Crippen molar-refractivity contribution in [2.24, 2.45) is 11.8 Å². The van der Waals surface area contributed by atoms with E-state index in [9.17, 15) is 9.59 Å². The van der Waals surface area contributed by atoms with Gasteiger partial charge in [-0.1, -0.05) is 38.8 Å². The highest BCUT2D eigenvalue weighted by Crippen LogP contribution is 2.31. The molecule has 0 bridgehead atoms. The molecule has 1 saturated carbocycles. The minimum absolute atomic E-state index is 0.173. The summed E-state index contributed by atoms with van der Waals surface area (Å²) < 4.78 is 16.8. The van der Waals surface area contributed by atoms with E-state index in [2.05, 4.69) is 13.8 Å². The summed E-state index contributed by atoms with van der Waals surface area (Å²) in [6.07, 6.45) is 7.99. The average Bonchev–Trinajstić information content (AvgIpc) is 2.85. The number of hydrogen-bond acceptors (Lipinski definition) is 5. The first kappa shape index (κ1) is 24.8. The van der Waals surface area contributed by atoms with Crippen LogP contribution in [-0.2, 0) is 16.0 Å². The first-order chi connectivity index (χ1) is 16.1. The molecule has 0 radical (unpaired) electrons. The largest absolute Gasteiger partial charge is 0.494 e. The van der Waals surface area contributed by atoms with Gasteiger partial charge >= 0.3 is 11.9 Å². The second-order valence-electron chi connectivity index (χ2n) is 8.81. The monoisotopic (exact) mass is 452 g/mol. The van der Waals surface area contributed by atoms with Crippen molar-refractivity contribution in [2.45, 2.75) is 71.6 Å². The lowest BCUT2D eigenvalue weighted by Gasteiger charge is -2.25. The first-order valence-electron chi connectivity index (χ1n) is 12.3. The van der Waals surface area contributed by atoms with Crippen LogP contribution in [0.1, 0.15) is 70.8 Å². The van der Waals surface area contributed by atoms with Crippen molar-refractivity contribution < 1.29 is 23.8 Å². The molecule has 0 aliphatic heterocycles. The minimum Gasteiger partial charge on any atom is -0.494 e. The standard InChI is InChI=1S/C28H36O5/c1-3-5-7-21-8-14-25(15-9-21)32-27(29)22-10-12-23(13-11-22)28(30)33-26-18-16-24(17-19-26)31-20-6-4-2/h8-9,14-19,22-23H,3-7,10-13,20H2,1-2H3. The summed E-state index contributed by atoms with van der Waals surface area (Å²) in [7, 11) is 0. The zero-order valence-electron chi connectivity index (χ0n) is 19.9. The quantitative estimate of drug-likeness (QED) is 0.220. The SMILES string of the molecule is CCCCOc1ccc(OC(=O)C2CCC(C(=O)Oc3ccc(CCCC)cc3)CC2)cc1. The molecule has 0 amide bonds. The molecule has 178 valence electrons. The first-order valence-corrected chi connectivity index (χ1v) is 12.3. The van der Waals surface area contributed by atoms with Crippen LogP contribution in [0.25, 0.3) is 0 Å². The van der Waals surface area contributed by atoms with Crippen molar-refractivity contribution in [3.05, 3.63) is 54.1 Å². The van der Waals surface area contributed by atoms with Crippen LogP contribution in [0.4, 0.5) is 0 Å². The molecule has 0 heterocycles. The van der Waals surface area contributed by atoms with Gasteiger partial charge in [-0.3, -0.25) is 9.59 Å². The molecule has 5 heteroatoms. The number of carbonyl (C=O) groups is 2. The third kappa shape index (κ3) is 7.92. The third-order valence-electron chi connectivity index (χ3n) is 6.16. The predicted molar refractivity (Wildman–Crippen MR) is 129 cm³/mol. The van der Waals surface area contributed by atoms with Gasteiger partial charge < -0.3 is 14.2 Å². The molecule has 0 atom stereocenters. The summed E-state index contributed by atoms with van der Waals surface area (Å²) in [6, 6.07) is 14.9. The van der Waals surface area contributed by atoms with Crippen LogP contribution in [0.5, 0.6) is 17.2 Å². The molecule has 0 unspecified atom stereocenters. The zero-order chi connectivity index (χ0) is 23.5. The molecule has 1 fully saturated rings. The van der Waals surface area contributed by atoms with Crippen LogP contribution in [-0.4, -0.2) is 18.5 Å². The van der Waals surface area contributed by atoms with E-state index in [0.717, 1.165) is 37.9 Å². The van der Waals surface area contributed by atoms with Gasteiger partial charge in [0.1, 0.15) is 17.2 Å². The molecule has 3 rings (SSSR count). The van der Waals surface area contributed by atoms with Crippen LogP contribution >= 0.6 is 0 Å². The van der Waals surface area contributed by atoms with Gasteiger partial charge in [-0.15, -0.1) is 0 Å². The highest BCUT2D eigenvalue weighted by molar-refractivity contribution is 5.77. The number of unbranched alkanes of at least 4 members (excludes halogenated alkanes) is 2. The Kier molecular flexibility index (Phi) is 9.79. The summed E-state index contributed by atoms with van der Waals surface area (Å²) in [5.74, 6) is 1.08. The molecule has 2 aromatic rings. The Morgan fingerprint density at radius 2 is 1.15 bits per heavy atom. The molecule has 33 heavy (non-hydrogen) atoms. The van der Waals surface area contributed by atoms with Crippen molar-refractivity contribution in [1.82, 2.24) is 0 Å². The van der Waals surface area contributed by atoms with Crippen molar-refractivity contribution in [3.63, 3.8) is 0 Å². The number of carbonyl (C=O) groups excluding carboxylic acids is 2. The van der Waals surface area contributed by atoms with Gasteiger partial charge in [0.05, 0.1) is 18.4 Å². The molecule has 2 aromatic carbocycles. The van der Waals surface area contributed by atoms with E-state index in [0.29, 0.717) is 43.8 Å². The molecular formula is C28H36O5. The van der Waals surface area contributed by atoms with Crippen molar-refractivity contribution in [2.75, 3.05) is 6.61 Å². The van der Waals surface area contributed by atoms with E-state index in [4.69, 9.17) is 14.2 Å². The topological polar surface area (TPSA) is 61.8 Å². The van der Waals surface area contributed by atoms with Crippen molar-refractivity contribution >= 4 is 11.9 Å². The molecule has 5 nitrogen and oxygen atoms in total. The Morgan fingerprint density at radius 1 is 0.697 bits per heavy atom. The van der Waals surface area contributed by atoms with Gasteiger partial charge in [0.2, 0.25) is 0 Å². The highest BCUT2D eigenvalue weighted by atomic mass is 16.5. The summed E-state index contributed by atoms with van der Waals surface area (Å²) in [6.45, 7) is 4.98. The van der Waals surface area contributed by atoms with E-state index in [1.54, 1.807) is 12.1 Å². The van der Waals surface area contributed by atoms with Crippen LogP contribution < -0.4 is 14.2 Å². The fourth-order valence-corrected chi connectivity index (χ4v) is 4.01. The number of rotatable bonds is 11. The van der Waals surface area contributed by atoms with Crippen LogP contribution in [0.2, 0.25) is 0 Å². The van der Waals surface area contributed by atoms with Gasteiger partial charge in [-0.05, 0) is 86.9 Å². The fourth-order valence-electron chi connectivity index (χ4n) is 4.01. The second kappa shape index (κ2) is 13.0. The van der Waals surface area contributed by atoms with E-state index >= 15 is 0 Å². The number of hydrogen-bond donors (Lipinski definition) is 0. The molecular weight excluding hydrogens is 416 g/mol. The minimum atomic E-state index is -0.232. The molecule has 1 aliphatic rings. The summed E-state index contributed by atoms with van der Waals surface area (Å²) in [5, 5.41) is 0. The molecule has 0 N–H and O–H groups in total. The molecule has 1 aliphatic carbocycles. The van der Waals surface area contributed by atoms with Gasteiger partial charge in [0, 0.05) is 0 Å². The number of aryl methyl sites for hydroxylation is 1. The average molecular weight is 453 g/mol. The number of benzene rings is 2. The Hall–Kier alpha value is -2.82. The van der Waals surface area contributed by atoms with E-state index < -0.39 is 0 Å². The Balaban J connectivity index is 1.41. The lowest BCUT2D eigenvalue weighted by atomic mass is 9.82. The van der Waals surface area contributed by atoms with Crippen molar-refractivity contribution in [3.8, 4) is 17.2 Å². The van der Waals surface area contributed by atoms with Gasteiger partial charge in [-0.2, -0.15) is 0 Å². The lowest BCUT2D eigenvalue weighted by Crippen LogP contribution is -2.30. The summed E-state index contributed by atoms with van der Waals surface area (Å²) in [5.41, 5.74) is 1.26. The normalized spacial score (nSPS) is 17.9. The maximum Gasteiger partial charge on any atom is 0.314 e. The molecule has 0 aromatic heterocycles. The van der Waals surface area contributed by atoms with E-state index in [-0.39, 0.29) is 23.8 Å². The third-order valence-corrected chi connectivity index (χ3v) is 6.16. The van der Waals surface area contributed by atoms with Crippen molar-refractivity contribution in [1.29, 1.82) is 0 Å². The molecule has 0 spiro atoms. The highest BCUT2D eigenvalue weighted by Gasteiger charge is 2.32. The maximum atomic E-state index is 12.6. The summed E-state index contributed by atoms with van der Waals surface area (Å²) >= 11 is 0. The fraction of sp³-hybridized carbons (Fsp3) is 0.500. The van der Waals surface area contributed by atoms with Crippen LogP contribution in [0, 0.1) is 11.8 Å².